The molecule has 1 N–H and O–H groups in total. The molecular weight excluding hydrogens is 295 g/mol. The van der Waals surface area contributed by atoms with Crippen molar-refractivity contribution in [2.45, 2.75) is 25.7 Å². The molecule has 1 aromatic heterocycles. The molecule has 0 bridgehead atoms. The van der Waals surface area contributed by atoms with Gasteiger partial charge in [0.25, 0.3) is 0 Å². The molecule has 2 heterocycles. The van der Waals surface area contributed by atoms with E-state index in [9.17, 15) is 0 Å². The fraction of sp³-hybridized carbons (Fsp3) is 0.429. The van der Waals surface area contributed by atoms with E-state index in [1.54, 1.807) is 6.07 Å². The highest BCUT2D eigenvalue weighted by Crippen LogP contribution is 2.30. The zero-order chi connectivity index (χ0) is 14.1. The maximum Gasteiger partial charge on any atom is 0.140 e. The molecule has 3 rings (SSSR count). The summed E-state index contributed by atoms with van der Waals surface area (Å²) in [5.41, 5.74) is 0.895. The van der Waals surface area contributed by atoms with Crippen LogP contribution in [-0.4, -0.2) is 27.9 Å². The van der Waals surface area contributed by atoms with Crippen molar-refractivity contribution >= 4 is 23.2 Å². The quantitative estimate of drug-likeness (QED) is 0.925. The van der Waals surface area contributed by atoms with Crippen molar-refractivity contribution in [2.24, 2.45) is 0 Å². The number of piperidine rings is 1. The predicted molar refractivity (Wildman–Crippen MR) is 81.0 cm³/mol. The van der Waals surface area contributed by atoms with Crippen LogP contribution in [0.5, 0.6) is 0 Å². The summed E-state index contributed by atoms with van der Waals surface area (Å²) < 4.78 is 2.05. The first kappa shape index (κ1) is 13.9. The van der Waals surface area contributed by atoms with E-state index in [0.717, 1.165) is 43.3 Å². The molecule has 0 saturated carbocycles. The predicted octanol–water partition coefficient (Wildman–Crippen LogP) is 3.35. The Labute approximate surface area is 128 Å². The van der Waals surface area contributed by atoms with Crippen LogP contribution in [-0.2, 0) is 0 Å². The van der Waals surface area contributed by atoms with Crippen molar-refractivity contribution in [2.75, 3.05) is 13.1 Å². The molecule has 1 aliphatic rings. The van der Waals surface area contributed by atoms with Crippen molar-refractivity contribution in [3.8, 4) is 5.69 Å². The van der Waals surface area contributed by atoms with Crippen LogP contribution >= 0.6 is 23.2 Å². The summed E-state index contributed by atoms with van der Waals surface area (Å²) in [4.78, 5) is 0. The van der Waals surface area contributed by atoms with Crippen molar-refractivity contribution < 1.29 is 0 Å². The average Bonchev–Trinajstić information content (AvgIpc) is 2.82. The molecule has 0 atom stereocenters. The van der Waals surface area contributed by atoms with Crippen LogP contribution in [0.4, 0.5) is 0 Å². The molecule has 4 nitrogen and oxygen atoms in total. The van der Waals surface area contributed by atoms with Gasteiger partial charge in [-0.05, 0) is 51.1 Å². The van der Waals surface area contributed by atoms with E-state index in [1.807, 2.05) is 19.1 Å². The van der Waals surface area contributed by atoms with E-state index in [1.165, 1.54) is 0 Å². The molecule has 106 valence electrons. The van der Waals surface area contributed by atoms with E-state index in [4.69, 9.17) is 23.2 Å². The van der Waals surface area contributed by atoms with Gasteiger partial charge in [-0.2, -0.15) is 0 Å². The second kappa shape index (κ2) is 5.72. The first-order valence-electron chi connectivity index (χ1n) is 6.75. The molecule has 0 aliphatic carbocycles. The SMILES string of the molecule is Cc1nnc(C2CCNCC2)n1-c1ccc(Cl)cc1Cl. The largest absolute Gasteiger partial charge is 0.317 e. The minimum Gasteiger partial charge on any atom is -0.317 e. The zero-order valence-corrected chi connectivity index (χ0v) is 12.7. The van der Waals surface area contributed by atoms with Gasteiger partial charge >= 0.3 is 0 Å². The third kappa shape index (κ3) is 2.55. The Morgan fingerprint density at radius 2 is 1.95 bits per heavy atom. The monoisotopic (exact) mass is 310 g/mol. The topological polar surface area (TPSA) is 42.7 Å². The van der Waals surface area contributed by atoms with Gasteiger partial charge in [-0.15, -0.1) is 10.2 Å². The van der Waals surface area contributed by atoms with Gasteiger partial charge in [0.2, 0.25) is 0 Å². The highest BCUT2D eigenvalue weighted by molar-refractivity contribution is 6.35. The number of rotatable bonds is 2. The van der Waals surface area contributed by atoms with Crippen molar-refractivity contribution in [3.63, 3.8) is 0 Å². The Bertz CT molecular complexity index is 618. The summed E-state index contributed by atoms with van der Waals surface area (Å²) in [6.45, 7) is 3.98. The molecule has 1 saturated heterocycles. The fourth-order valence-electron chi connectivity index (χ4n) is 2.68. The van der Waals surface area contributed by atoms with E-state index in [2.05, 4.69) is 20.1 Å². The Kier molecular flexibility index (Phi) is 3.96. The van der Waals surface area contributed by atoms with Crippen LogP contribution in [0.1, 0.15) is 30.4 Å². The summed E-state index contributed by atoms with van der Waals surface area (Å²) in [5, 5.41) is 13.2. The Morgan fingerprint density at radius 1 is 1.20 bits per heavy atom. The summed E-state index contributed by atoms with van der Waals surface area (Å²) in [6.07, 6.45) is 2.15. The summed E-state index contributed by atoms with van der Waals surface area (Å²) in [6, 6.07) is 5.52. The van der Waals surface area contributed by atoms with Gasteiger partial charge in [0, 0.05) is 10.9 Å². The van der Waals surface area contributed by atoms with E-state index in [-0.39, 0.29) is 0 Å². The highest BCUT2D eigenvalue weighted by atomic mass is 35.5. The molecular formula is C14H16Cl2N4. The first-order valence-corrected chi connectivity index (χ1v) is 7.50. The summed E-state index contributed by atoms with van der Waals surface area (Å²) >= 11 is 12.3. The lowest BCUT2D eigenvalue weighted by atomic mass is 9.97. The van der Waals surface area contributed by atoms with E-state index < -0.39 is 0 Å². The lowest BCUT2D eigenvalue weighted by molar-refractivity contribution is 0.440. The molecule has 1 fully saturated rings. The number of nitrogens with zero attached hydrogens (tertiary/aromatic N) is 3. The number of hydrogen-bond acceptors (Lipinski definition) is 3. The van der Waals surface area contributed by atoms with Crippen molar-refractivity contribution in [1.29, 1.82) is 0 Å². The second-order valence-corrected chi connectivity index (χ2v) is 5.90. The molecule has 1 aliphatic heterocycles. The van der Waals surface area contributed by atoms with E-state index in [0.29, 0.717) is 16.0 Å². The first-order chi connectivity index (χ1) is 9.66. The molecule has 1 aromatic carbocycles. The molecule has 0 radical (unpaired) electrons. The number of benzene rings is 1. The Morgan fingerprint density at radius 3 is 2.65 bits per heavy atom. The molecule has 0 spiro atoms. The molecule has 6 heteroatoms. The number of aryl methyl sites for hydroxylation is 1. The van der Waals surface area contributed by atoms with Gasteiger partial charge < -0.3 is 5.32 Å². The van der Waals surface area contributed by atoms with Crippen molar-refractivity contribution in [3.05, 3.63) is 39.9 Å². The van der Waals surface area contributed by atoms with Crippen LogP contribution in [0.25, 0.3) is 5.69 Å². The second-order valence-electron chi connectivity index (χ2n) is 5.06. The molecule has 0 unspecified atom stereocenters. The molecule has 0 amide bonds. The van der Waals surface area contributed by atoms with E-state index >= 15 is 0 Å². The van der Waals surface area contributed by atoms with Crippen LogP contribution < -0.4 is 5.32 Å². The lowest BCUT2D eigenvalue weighted by Gasteiger charge is -2.23. The standard InChI is InChI=1S/C14H16Cl2N4/c1-9-18-19-14(10-4-6-17-7-5-10)20(9)13-3-2-11(15)8-12(13)16/h2-3,8,10,17H,4-7H2,1H3. The van der Waals surface area contributed by atoms with Gasteiger partial charge in [0.1, 0.15) is 11.6 Å². The molecule has 2 aromatic rings. The van der Waals surface area contributed by atoms with Crippen LogP contribution in [0.15, 0.2) is 18.2 Å². The summed E-state index contributed by atoms with van der Waals surface area (Å²) in [5.74, 6) is 2.26. The smallest absolute Gasteiger partial charge is 0.140 e. The fourth-order valence-corrected chi connectivity index (χ4v) is 3.18. The third-order valence-electron chi connectivity index (χ3n) is 3.70. The zero-order valence-electron chi connectivity index (χ0n) is 11.2. The van der Waals surface area contributed by atoms with Crippen LogP contribution in [0.2, 0.25) is 10.0 Å². The lowest BCUT2D eigenvalue weighted by Crippen LogP contribution is -2.28. The van der Waals surface area contributed by atoms with Gasteiger partial charge in [-0.1, -0.05) is 23.2 Å². The number of halogens is 2. The van der Waals surface area contributed by atoms with Gasteiger partial charge in [-0.25, -0.2) is 0 Å². The normalized spacial score (nSPS) is 16.6. The summed E-state index contributed by atoms with van der Waals surface area (Å²) in [7, 11) is 0. The average molecular weight is 311 g/mol. The number of nitrogens with one attached hydrogen (secondary N) is 1. The molecule has 20 heavy (non-hydrogen) atoms. The van der Waals surface area contributed by atoms with Crippen LogP contribution in [0, 0.1) is 6.92 Å². The van der Waals surface area contributed by atoms with Gasteiger partial charge in [0.15, 0.2) is 0 Å². The van der Waals surface area contributed by atoms with Crippen LogP contribution in [0.3, 0.4) is 0 Å². The minimum atomic E-state index is 0.421. The maximum atomic E-state index is 6.33. The highest BCUT2D eigenvalue weighted by Gasteiger charge is 2.23. The minimum absolute atomic E-state index is 0.421. The van der Waals surface area contributed by atoms with Crippen molar-refractivity contribution in [1.82, 2.24) is 20.1 Å². The third-order valence-corrected chi connectivity index (χ3v) is 4.24. The van der Waals surface area contributed by atoms with Gasteiger partial charge in [0.05, 0.1) is 10.7 Å². The number of hydrogen-bond donors (Lipinski definition) is 1. The Hall–Kier alpha value is -1.10. The Balaban J connectivity index is 2.06. The maximum absolute atomic E-state index is 6.33. The number of aromatic nitrogens is 3. The van der Waals surface area contributed by atoms with Gasteiger partial charge in [-0.3, -0.25) is 4.57 Å².